The molecule has 4 rings (SSSR count). The summed E-state index contributed by atoms with van der Waals surface area (Å²) in [7, 11) is 0. The quantitative estimate of drug-likeness (QED) is 0.491. The molecule has 0 aliphatic carbocycles. The first-order valence-electron chi connectivity index (χ1n) is 6.93. The Labute approximate surface area is 136 Å². The summed E-state index contributed by atoms with van der Waals surface area (Å²) in [5, 5.41) is 4.06. The van der Waals surface area contributed by atoms with E-state index in [9.17, 15) is 0 Å². The highest BCUT2D eigenvalue weighted by Crippen LogP contribution is 2.41. The van der Waals surface area contributed by atoms with Crippen molar-refractivity contribution in [3.8, 4) is 31.7 Å². The monoisotopic (exact) mass is 320 g/mol. The maximum atomic E-state index is 4.89. The molecule has 4 aromatic rings. The fourth-order valence-electron chi connectivity index (χ4n) is 2.30. The van der Waals surface area contributed by atoms with Crippen LogP contribution in [0.4, 0.5) is 0 Å². The van der Waals surface area contributed by atoms with Crippen LogP contribution in [-0.4, -0.2) is 9.97 Å². The van der Waals surface area contributed by atoms with Gasteiger partial charge in [-0.05, 0) is 0 Å². The molecular formula is C18H12N2S2. The summed E-state index contributed by atoms with van der Waals surface area (Å²) in [6.07, 6.45) is 1.84. The van der Waals surface area contributed by atoms with Gasteiger partial charge >= 0.3 is 0 Å². The third-order valence-electron chi connectivity index (χ3n) is 3.32. The lowest BCUT2D eigenvalue weighted by Crippen LogP contribution is -1.81. The standard InChI is InChI=1S/C18H12N2S2/c1-3-7-13(8-4-1)15-16(18-19-11-12-21-18)22-17(20-15)14-9-5-2-6-10-14/h1-12H. The van der Waals surface area contributed by atoms with Crippen molar-refractivity contribution in [1.82, 2.24) is 9.97 Å². The summed E-state index contributed by atoms with van der Waals surface area (Å²) in [5.74, 6) is 0. The van der Waals surface area contributed by atoms with E-state index in [1.807, 2.05) is 48.0 Å². The summed E-state index contributed by atoms with van der Waals surface area (Å²) in [6, 6.07) is 20.6. The first kappa shape index (κ1) is 13.4. The van der Waals surface area contributed by atoms with Crippen molar-refractivity contribution in [2.24, 2.45) is 0 Å². The number of hydrogen-bond acceptors (Lipinski definition) is 4. The van der Waals surface area contributed by atoms with Gasteiger partial charge in [0.2, 0.25) is 0 Å². The second-order valence-electron chi connectivity index (χ2n) is 4.77. The van der Waals surface area contributed by atoms with Crippen LogP contribution >= 0.6 is 22.7 Å². The molecule has 0 radical (unpaired) electrons. The molecule has 106 valence electrons. The number of hydrogen-bond donors (Lipinski definition) is 0. The highest BCUT2D eigenvalue weighted by atomic mass is 32.1. The minimum Gasteiger partial charge on any atom is -0.244 e. The first-order chi connectivity index (χ1) is 10.9. The molecule has 0 bridgehead atoms. The van der Waals surface area contributed by atoms with Gasteiger partial charge in [-0.3, -0.25) is 0 Å². The molecule has 0 atom stereocenters. The number of rotatable bonds is 3. The van der Waals surface area contributed by atoms with Crippen molar-refractivity contribution in [3.63, 3.8) is 0 Å². The van der Waals surface area contributed by atoms with Crippen LogP contribution in [0.1, 0.15) is 0 Å². The molecule has 0 saturated heterocycles. The van der Waals surface area contributed by atoms with Gasteiger partial charge < -0.3 is 0 Å². The molecule has 2 nitrogen and oxygen atoms in total. The van der Waals surface area contributed by atoms with E-state index in [1.54, 1.807) is 22.7 Å². The predicted octanol–water partition coefficient (Wildman–Crippen LogP) is 5.60. The Morgan fingerprint density at radius 3 is 2.05 bits per heavy atom. The Balaban J connectivity index is 1.91. The van der Waals surface area contributed by atoms with Gasteiger partial charge in [0.15, 0.2) is 0 Å². The maximum absolute atomic E-state index is 4.89. The van der Waals surface area contributed by atoms with Crippen LogP contribution < -0.4 is 0 Å². The third-order valence-corrected chi connectivity index (χ3v) is 5.35. The van der Waals surface area contributed by atoms with Gasteiger partial charge in [-0.15, -0.1) is 22.7 Å². The number of benzene rings is 2. The average Bonchev–Trinajstić information content (AvgIpc) is 3.26. The summed E-state index contributed by atoms with van der Waals surface area (Å²) < 4.78 is 0. The van der Waals surface area contributed by atoms with Crippen LogP contribution in [0.2, 0.25) is 0 Å². The number of aromatic nitrogens is 2. The maximum Gasteiger partial charge on any atom is 0.135 e. The summed E-state index contributed by atoms with van der Waals surface area (Å²) in [5.41, 5.74) is 3.29. The van der Waals surface area contributed by atoms with Crippen LogP contribution in [0.3, 0.4) is 0 Å². The second kappa shape index (κ2) is 5.83. The lowest BCUT2D eigenvalue weighted by Gasteiger charge is -1.99. The van der Waals surface area contributed by atoms with E-state index < -0.39 is 0 Å². The van der Waals surface area contributed by atoms with E-state index in [0.717, 1.165) is 31.7 Å². The second-order valence-corrected chi connectivity index (χ2v) is 6.66. The molecule has 0 saturated carbocycles. The van der Waals surface area contributed by atoms with Gasteiger partial charge in [0.25, 0.3) is 0 Å². The van der Waals surface area contributed by atoms with Crippen LogP contribution in [-0.2, 0) is 0 Å². The van der Waals surface area contributed by atoms with Gasteiger partial charge in [-0.25, -0.2) is 9.97 Å². The minimum absolute atomic E-state index is 1.01. The van der Waals surface area contributed by atoms with Crippen LogP contribution in [0.15, 0.2) is 72.2 Å². The van der Waals surface area contributed by atoms with Crippen molar-refractivity contribution in [2.75, 3.05) is 0 Å². The first-order valence-corrected chi connectivity index (χ1v) is 8.63. The highest BCUT2D eigenvalue weighted by molar-refractivity contribution is 7.23. The van der Waals surface area contributed by atoms with Gasteiger partial charge in [-0.2, -0.15) is 0 Å². The molecule has 2 aromatic heterocycles. The van der Waals surface area contributed by atoms with E-state index >= 15 is 0 Å². The molecule has 4 heteroatoms. The molecular weight excluding hydrogens is 308 g/mol. The van der Waals surface area contributed by atoms with E-state index in [-0.39, 0.29) is 0 Å². The lowest BCUT2D eigenvalue weighted by molar-refractivity contribution is 1.38. The largest absolute Gasteiger partial charge is 0.244 e. The van der Waals surface area contributed by atoms with Crippen molar-refractivity contribution in [1.29, 1.82) is 0 Å². The summed E-state index contributed by atoms with van der Waals surface area (Å²) in [6.45, 7) is 0. The Morgan fingerprint density at radius 1 is 0.727 bits per heavy atom. The van der Waals surface area contributed by atoms with E-state index in [0.29, 0.717) is 0 Å². The van der Waals surface area contributed by atoms with E-state index in [1.165, 1.54) is 0 Å². The van der Waals surface area contributed by atoms with E-state index in [2.05, 4.69) is 29.2 Å². The molecule has 0 aliphatic rings. The summed E-state index contributed by atoms with van der Waals surface area (Å²) >= 11 is 3.35. The smallest absolute Gasteiger partial charge is 0.135 e. The molecule has 22 heavy (non-hydrogen) atoms. The fourth-order valence-corrected chi connectivity index (χ4v) is 4.13. The van der Waals surface area contributed by atoms with Gasteiger partial charge in [0.05, 0.1) is 10.6 Å². The Morgan fingerprint density at radius 2 is 1.41 bits per heavy atom. The molecule has 2 heterocycles. The molecule has 0 N–H and O–H groups in total. The average molecular weight is 320 g/mol. The van der Waals surface area contributed by atoms with Crippen LogP contribution in [0, 0.1) is 0 Å². The topological polar surface area (TPSA) is 25.8 Å². The van der Waals surface area contributed by atoms with Gasteiger partial charge in [-0.1, -0.05) is 60.7 Å². The van der Waals surface area contributed by atoms with Gasteiger partial charge in [0, 0.05) is 22.7 Å². The molecule has 0 amide bonds. The Bertz CT molecular complexity index is 866. The SMILES string of the molecule is c1ccc(-c2nc(-c3ccccc3)c(-c3nccs3)s2)cc1. The lowest BCUT2D eigenvalue weighted by atomic mass is 10.1. The number of thiazole rings is 2. The summed E-state index contributed by atoms with van der Waals surface area (Å²) in [4.78, 5) is 10.5. The van der Waals surface area contributed by atoms with Crippen LogP contribution in [0.5, 0.6) is 0 Å². The van der Waals surface area contributed by atoms with Crippen molar-refractivity contribution in [2.45, 2.75) is 0 Å². The zero-order chi connectivity index (χ0) is 14.8. The predicted molar refractivity (Wildman–Crippen MR) is 94.1 cm³/mol. The Hall–Kier alpha value is -2.30. The van der Waals surface area contributed by atoms with Gasteiger partial charge in [0.1, 0.15) is 10.0 Å². The zero-order valence-electron chi connectivity index (χ0n) is 11.6. The molecule has 0 aliphatic heterocycles. The van der Waals surface area contributed by atoms with E-state index in [4.69, 9.17) is 4.98 Å². The zero-order valence-corrected chi connectivity index (χ0v) is 13.3. The third kappa shape index (κ3) is 2.47. The normalized spacial score (nSPS) is 10.7. The molecule has 2 aromatic carbocycles. The molecule has 0 unspecified atom stereocenters. The molecule has 0 spiro atoms. The highest BCUT2D eigenvalue weighted by Gasteiger charge is 2.17. The number of nitrogens with zero attached hydrogens (tertiary/aromatic N) is 2. The van der Waals surface area contributed by atoms with Crippen molar-refractivity contribution in [3.05, 3.63) is 72.2 Å². The minimum atomic E-state index is 1.01. The fraction of sp³-hybridized carbons (Fsp3) is 0. The Kier molecular flexibility index (Phi) is 3.54. The van der Waals surface area contributed by atoms with Crippen molar-refractivity contribution < 1.29 is 0 Å². The van der Waals surface area contributed by atoms with Crippen molar-refractivity contribution >= 4 is 22.7 Å². The van der Waals surface area contributed by atoms with Crippen LogP contribution in [0.25, 0.3) is 31.7 Å². The molecule has 0 fully saturated rings.